The average Bonchev–Trinajstić information content (AvgIpc) is 2.17. The van der Waals surface area contributed by atoms with Crippen LogP contribution in [0.1, 0.15) is 0 Å². The van der Waals surface area contributed by atoms with Gasteiger partial charge in [0.25, 0.3) is 0 Å². The zero-order chi connectivity index (χ0) is 11.5. The quantitative estimate of drug-likeness (QED) is 0.823. The third kappa shape index (κ3) is 2.83. The minimum atomic E-state index is -4.93. The average molecular weight is 220 g/mol. The van der Waals surface area contributed by atoms with Gasteiger partial charge in [-0.15, -0.1) is 0 Å². The van der Waals surface area contributed by atoms with Crippen LogP contribution in [0.3, 0.4) is 0 Å². The molecule has 15 heavy (non-hydrogen) atoms. The van der Waals surface area contributed by atoms with Crippen LogP contribution in [-0.2, 0) is 4.79 Å². The zero-order valence-corrected chi connectivity index (χ0v) is 7.63. The van der Waals surface area contributed by atoms with E-state index in [0.717, 1.165) is 0 Å². The van der Waals surface area contributed by atoms with Gasteiger partial charge < -0.3 is 10.1 Å². The van der Waals surface area contributed by atoms with E-state index in [4.69, 9.17) is 0 Å². The highest BCUT2D eigenvalue weighted by molar-refractivity contribution is 5.95. The summed E-state index contributed by atoms with van der Waals surface area (Å²) in [6.07, 6.45) is -3.59. The highest BCUT2D eigenvalue weighted by Crippen LogP contribution is 2.23. The molecular formula is C8H7F3N2O2. The van der Waals surface area contributed by atoms with Gasteiger partial charge in [-0.05, 0) is 12.1 Å². The first-order valence-electron chi connectivity index (χ1n) is 3.82. The maximum atomic E-state index is 11.9. The van der Waals surface area contributed by atoms with E-state index in [9.17, 15) is 18.0 Å². The first kappa shape index (κ1) is 11.3. The van der Waals surface area contributed by atoms with E-state index in [-0.39, 0.29) is 11.6 Å². The first-order valence-corrected chi connectivity index (χ1v) is 3.82. The number of methoxy groups -OCH3 is 1. The van der Waals surface area contributed by atoms with Gasteiger partial charge in [0, 0.05) is 6.20 Å². The van der Waals surface area contributed by atoms with Crippen molar-refractivity contribution in [2.45, 2.75) is 6.18 Å². The number of carbonyl (C=O) groups excluding carboxylic acids is 1. The van der Waals surface area contributed by atoms with Crippen molar-refractivity contribution < 1.29 is 22.7 Å². The van der Waals surface area contributed by atoms with Crippen LogP contribution >= 0.6 is 0 Å². The van der Waals surface area contributed by atoms with Gasteiger partial charge in [-0.3, -0.25) is 4.79 Å². The lowest BCUT2D eigenvalue weighted by Crippen LogP contribution is -2.30. The van der Waals surface area contributed by atoms with E-state index in [0.29, 0.717) is 0 Å². The number of nitrogens with one attached hydrogen (secondary N) is 1. The van der Waals surface area contributed by atoms with Crippen LogP contribution in [0.5, 0.6) is 5.88 Å². The second-order valence-electron chi connectivity index (χ2n) is 2.51. The monoisotopic (exact) mass is 220 g/mol. The van der Waals surface area contributed by atoms with E-state index in [1.807, 2.05) is 0 Å². The molecule has 1 aromatic heterocycles. The Morgan fingerprint density at radius 1 is 1.53 bits per heavy atom. The van der Waals surface area contributed by atoms with Crippen LogP contribution in [0.15, 0.2) is 18.3 Å². The van der Waals surface area contributed by atoms with Gasteiger partial charge in [0.05, 0.1) is 7.11 Å². The zero-order valence-electron chi connectivity index (χ0n) is 7.63. The number of anilines is 1. The molecule has 1 rings (SSSR count). The van der Waals surface area contributed by atoms with E-state index >= 15 is 0 Å². The molecule has 82 valence electrons. The van der Waals surface area contributed by atoms with Gasteiger partial charge in [-0.2, -0.15) is 13.2 Å². The predicted octanol–water partition coefficient (Wildman–Crippen LogP) is 1.59. The Balaban J connectivity index is 2.85. The summed E-state index contributed by atoms with van der Waals surface area (Å²) in [7, 11) is 1.24. The lowest BCUT2D eigenvalue weighted by molar-refractivity contribution is -0.167. The van der Waals surface area contributed by atoms with Crippen molar-refractivity contribution in [3.63, 3.8) is 0 Å². The predicted molar refractivity (Wildman–Crippen MR) is 45.5 cm³/mol. The summed E-state index contributed by atoms with van der Waals surface area (Å²) in [5, 5.41) is 1.65. The number of alkyl halides is 3. The number of halogens is 3. The van der Waals surface area contributed by atoms with Crippen molar-refractivity contribution in [3.05, 3.63) is 18.3 Å². The number of hydrogen-bond acceptors (Lipinski definition) is 3. The maximum Gasteiger partial charge on any atom is 0.471 e. The molecule has 0 saturated heterocycles. The van der Waals surface area contributed by atoms with Crippen LogP contribution < -0.4 is 10.1 Å². The number of pyridine rings is 1. The molecule has 0 aliphatic heterocycles. The van der Waals surface area contributed by atoms with Gasteiger partial charge in [-0.25, -0.2) is 4.98 Å². The molecule has 4 nitrogen and oxygen atoms in total. The molecule has 0 atom stereocenters. The molecule has 1 heterocycles. The molecule has 0 aliphatic carbocycles. The summed E-state index contributed by atoms with van der Waals surface area (Å²) in [6.45, 7) is 0. The Morgan fingerprint density at radius 3 is 2.73 bits per heavy atom. The fourth-order valence-electron chi connectivity index (χ4n) is 0.842. The highest BCUT2D eigenvalue weighted by Gasteiger charge is 2.39. The van der Waals surface area contributed by atoms with Crippen molar-refractivity contribution in [3.8, 4) is 5.88 Å². The molecule has 7 heteroatoms. The molecule has 0 bridgehead atoms. The Bertz CT molecular complexity index is 365. The molecule has 1 N–H and O–H groups in total. The standard InChI is InChI=1S/C8H7F3N2O2/c1-15-6-5(3-2-4-12-6)13-7(14)8(9,10)11/h2-4H,1H3,(H,13,14). The van der Waals surface area contributed by atoms with Crippen molar-refractivity contribution in [1.82, 2.24) is 4.98 Å². The van der Waals surface area contributed by atoms with E-state index in [2.05, 4.69) is 9.72 Å². The minimum absolute atomic E-state index is 0.0740. The number of carbonyl (C=O) groups is 1. The largest absolute Gasteiger partial charge is 0.480 e. The molecule has 1 amide bonds. The molecule has 0 fully saturated rings. The van der Waals surface area contributed by atoms with Gasteiger partial charge >= 0.3 is 12.1 Å². The molecule has 0 spiro atoms. The van der Waals surface area contributed by atoms with Gasteiger partial charge in [0.2, 0.25) is 5.88 Å². The Kier molecular flexibility index (Phi) is 3.13. The van der Waals surface area contributed by atoms with E-state index in [1.165, 1.54) is 25.4 Å². The van der Waals surface area contributed by atoms with Crippen LogP contribution in [0.25, 0.3) is 0 Å². The number of amides is 1. The highest BCUT2D eigenvalue weighted by atomic mass is 19.4. The normalized spacial score (nSPS) is 10.9. The first-order chi connectivity index (χ1) is 6.95. The topological polar surface area (TPSA) is 51.2 Å². The van der Waals surface area contributed by atoms with Crippen molar-refractivity contribution >= 4 is 11.6 Å². The van der Waals surface area contributed by atoms with Crippen LogP contribution in [0, 0.1) is 0 Å². The Morgan fingerprint density at radius 2 is 2.20 bits per heavy atom. The number of ether oxygens (including phenoxy) is 1. The summed E-state index contributed by atoms with van der Waals surface area (Å²) in [5.41, 5.74) is -0.123. The number of rotatable bonds is 2. The second kappa shape index (κ2) is 4.16. The van der Waals surface area contributed by atoms with Gasteiger partial charge in [0.1, 0.15) is 5.69 Å². The maximum absolute atomic E-state index is 11.9. The molecule has 0 aromatic carbocycles. The summed E-state index contributed by atoms with van der Waals surface area (Å²) in [5.74, 6) is -2.14. The van der Waals surface area contributed by atoms with Crippen molar-refractivity contribution in [2.75, 3.05) is 12.4 Å². The van der Waals surface area contributed by atoms with Gasteiger partial charge in [-0.1, -0.05) is 0 Å². The van der Waals surface area contributed by atoms with Crippen molar-refractivity contribution in [2.24, 2.45) is 0 Å². The lowest BCUT2D eigenvalue weighted by atomic mass is 10.4. The summed E-state index contributed by atoms with van der Waals surface area (Å²) < 4.78 is 40.4. The molecule has 0 radical (unpaired) electrons. The Hall–Kier alpha value is -1.79. The summed E-state index contributed by atoms with van der Waals surface area (Å²) >= 11 is 0. The van der Waals surface area contributed by atoms with Crippen LogP contribution in [0.4, 0.5) is 18.9 Å². The summed E-state index contributed by atoms with van der Waals surface area (Å²) in [4.78, 5) is 14.2. The van der Waals surface area contributed by atoms with Crippen LogP contribution in [0.2, 0.25) is 0 Å². The number of hydrogen-bond donors (Lipinski definition) is 1. The van der Waals surface area contributed by atoms with E-state index in [1.54, 1.807) is 5.32 Å². The number of aromatic nitrogens is 1. The van der Waals surface area contributed by atoms with Crippen molar-refractivity contribution in [1.29, 1.82) is 0 Å². The second-order valence-corrected chi connectivity index (χ2v) is 2.51. The molecule has 0 saturated carbocycles. The molecule has 1 aromatic rings. The lowest BCUT2D eigenvalue weighted by Gasteiger charge is -2.09. The fourth-order valence-corrected chi connectivity index (χ4v) is 0.842. The Labute approximate surface area is 83.1 Å². The number of nitrogens with zero attached hydrogens (tertiary/aromatic N) is 1. The SMILES string of the molecule is COc1ncccc1NC(=O)C(F)(F)F. The summed E-state index contributed by atoms with van der Waals surface area (Å²) in [6, 6.07) is 2.64. The molecule has 0 aliphatic rings. The fraction of sp³-hybridized carbons (Fsp3) is 0.250. The smallest absolute Gasteiger partial charge is 0.471 e. The third-order valence-electron chi connectivity index (χ3n) is 1.47. The molecular weight excluding hydrogens is 213 g/mol. The van der Waals surface area contributed by atoms with Gasteiger partial charge in [0.15, 0.2) is 0 Å². The third-order valence-corrected chi connectivity index (χ3v) is 1.47. The molecule has 0 unspecified atom stereocenters. The van der Waals surface area contributed by atoms with E-state index < -0.39 is 12.1 Å². The van der Waals surface area contributed by atoms with Crippen LogP contribution in [-0.4, -0.2) is 24.2 Å². The minimum Gasteiger partial charge on any atom is -0.480 e.